The number of carbonyl (C=O) groups excluding carboxylic acids is 1. The summed E-state index contributed by atoms with van der Waals surface area (Å²) in [5.74, 6) is -3.23. The molecule has 0 aliphatic heterocycles. The number of esters is 1. The lowest BCUT2D eigenvalue weighted by atomic mass is 10.0. The number of carbonyl (C=O) groups is 4. The zero-order valence-electron chi connectivity index (χ0n) is 18.4. The summed E-state index contributed by atoms with van der Waals surface area (Å²) in [6.07, 6.45) is 8.66. The molecule has 0 aliphatic carbocycles. The highest BCUT2D eigenvalue weighted by molar-refractivity contribution is 5.96. The van der Waals surface area contributed by atoms with Gasteiger partial charge in [-0.3, -0.25) is 9.59 Å². The molecule has 1 rings (SSSR count). The SMILES string of the molecule is CCCCCCCCOC(=O)CCCCC(=O)O.Cc1c(C(=O)O)cccc1C(=O)O. The zero-order chi connectivity index (χ0) is 23.6. The van der Waals surface area contributed by atoms with Crippen LogP contribution in [-0.2, 0) is 14.3 Å². The molecule has 31 heavy (non-hydrogen) atoms. The fourth-order valence-corrected chi connectivity index (χ4v) is 2.79. The summed E-state index contributed by atoms with van der Waals surface area (Å²) >= 11 is 0. The van der Waals surface area contributed by atoms with Crippen LogP contribution in [0.15, 0.2) is 18.2 Å². The number of ether oxygens (including phenoxy) is 1. The molecule has 1 aromatic rings. The van der Waals surface area contributed by atoms with E-state index >= 15 is 0 Å². The molecule has 0 heterocycles. The lowest BCUT2D eigenvalue weighted by Gasteiger charge is -2.04. The standard InChI is InChI=1S/C14H26O4.C9H8O4/c1-2-3-4-5-6-9-12-18-14(17)11-8-7-10-13(15)16;1-5-6(8(10)11)3-2-4-7(5)9(12)13/h2-12H2,1H3,(H,15,16);2-4H,1H3,(H,10,11)(H,12,13). The molecule has 1 aromatic carbocycles. The summed E-state index contributed by atoms with van der Waals surface area (Å²) in [6, 6.07) is 4.17. The maximum Gasteiger partial charge on any atom is 0.335 e. The Morgan fingerprint density at radius 2 is 1.29 bits per heavy atom. The minimum absolute atomic E-state index is 0.0277. The quantitative estimate of drug-likeness (QED) is 0.275. The number of aromatic carboxylic acids is 2. The van der Waals surface area contributed by atoms with E-state index in [4.69, 9.17) is 20.1 Å². The van der Waals surface area contributed by atoms with Gasteiger partial charge in [-0.25, -0.2) is 9.59 Å². The number of rotatable bonds is 14. The normalized spacial score (nSPS) is 10.0. The van der Waals surface area contributed by atoms with E-state index in [1.54, 1.807) is 0 Å². The third kappa shape index (κ3) is 13.9. The van der Waals surface area contributed by atoms with E-state index in [1.807, 2.05) is 0 Å². The number of unbranched alkanes of at least 4 members (excludes halogenated alkanes) is 6. The van der Waals surface area contributed by atoms with Crippen molar-refractivity contribution in [3.8, 4) is 0 Å². The minimum Gasteiger partial charge on any atom is -0.481 e. The van der Waals surface area contributed by atoms with Crippen molar-refractivity contribution in [1.29, 1.82) is 0 Å². The Bertz CT molecular complexity index is 679. The van der Waals surface area contributed by atoms with Gasteiger partial charge in [0.15, 0.2) is 0 Å². The van der Waals surface area contributed by atoms with Crippen molar-refractivity contribution in [1.82, 2.24) is 0 Å². The summed E-state index contributed by atoms with van der Waals surface area (Å²) in [4.78, 5) is 42.7. The molecule has 3 N–H and O–H groups in total. The van der Waals surface area contributed by atoms with Crippen LogP contribution < -0.4 is 0 Å². The van der Waals surface area contributed by atoms with E-state index in [0.717, 1.165) is 12.8 Å². The summed E-state index contributed by atoms with van der Waals surface area (Å²) in [5.41, 5.74) is 0.335. The smallest absolute Gasteiger partial charge is 0.335 e. The number of benzene rings is 1. The fraction of sp³-hybridized carbons (Fsp3) is 0.565. The first-order valence-corrected chi connectivity index (χ1v) is 10.6. The van der Waals surface area contributed by atoms with E-state index in [1.165, 1.54) is 50.8 Å². The Morgan fingerprint density at radius 1 is 0.774 bits per heavy atom. The molecule has 0 unspecified atom stereocenters. The second-order valence-corrected chi connectivity index (χ2v) is 7.18. The van der Waals surface area contributed by atoms with Crippen LogP contribution in [0.4, 0.5) is 0 Å². The van der Waals surface area contributed by atoms with Gasteiger partial charge in [0.1, 0.15) is 0 Å². The molecule has 0 bridgehead atoms. The van der Waals surface area contributed by atoms with Crippen LogP contribution in [0.1, 0.15) is 97.4 Å². The van der Waals surface area contributed by atoms with Crippen molar-refractivity contribution in [2.45, 2.75) is 78.1 Å². The van der Waals surface area contributed by atoms with Gasteiger partial charge in [0, 0.05) is 12.8 Å². The Balaban J connectivity index is 0.000000609. The van der Waals surface area contributed by atoms with Crippen molar-refractivity contribution in [2.24, 2.45) is 0 Å². The number of carboxylic acids is 3. The Hall–Kier alpha value is -2.90. The van der Waals surface area contributed by atoms with Crippen LogP contribution in [0, 0.1) is 6.92 Å². The first-order valence-electron chi connectivity index (χ1n) is 10.6. The molecule has 0 saturated carbocycles. The van der Waals surface area contributed by atoms with Crippen molar-refractivity contribution >= 4 is 23.9 Å². The van der Waals surface area contributed by atoms with Crippen LogP contribution >= 0.6 is 0 Å². The Kier molecular flexibility index (Phi) is 15.3. The fourth-order valence-electron chi connectivity index (χ4n) is 2.79. The molecule has 0 saturated heterocycles. The van der Waals surface area contributed by atoms with E-state index in [0.29, 0.717) is 25.9 Å². The first-order chi connectivity index (χ1) is 14.7. The van der Waals surface area contributed by atoms with Gasteiger partial charge in [0.25, 0.3) is 0 Å². The predicted molar refractivity (Wildman–Crippen MR) is 116 cm³/mol. The molecular formula is C23H34O8. The molecule has 0 amide bonds. The molecular weight excluding hydrogens is 404 g/mol. The van der Waals surface area contributed by atoms with Crippen molar-refractivity contribution in [3.05, 3.63) is 34.9 Å². The maximum absolute atomic E-state index is 11.3. The summed E-state index contributed by atoms with van der Waals surface area (Å²) < 4.78 is 5.07. The number of carboxylic acid groups (broad SMARTS) is 3. The van der Waals surface area contributed by atoms with E-state index in [2.05, 4.69) is 6.92 Å². The highest BCUT2D eigenvalue weighted by Crippen LogP contribution is 2.13. The molecule has 0 aliphatic rings. The average Bonchev–Trinajstić information content (AvgIpc) is 2.70. The summed E-state index contributed by atoms with van der Waals surface area (Å²) in [7, 11) is 0. The predicted octanol–water partition coefficient (Wildman–Crippen LogP) is 4.93. The lowest BCUT2D eigenvalue weighted by Crippen LogP contribution is -2.06. The molecule has 0 spiro atoms. The van der Waals surface area contributed by atoms with Crippen LogP contribution in [0.25, 0.3) is 0 Å². The molecule has 0 fully saturated rings. The van der Waals surface area contributed by atoms with Gasteiger partial charge in [-0.15, -0.1) is 0 Å². The lowest BCUT2D eigenvalue weighted by molar-refractivity contribution is -0.144. The van der Waals surface area contributed by atoms with Gasteiger partial charge in [-0.05, 0) is 43.9 Å². The van der Waals surface area contributed by atoms with Crippen molar-refractivity contribution in [3.63, 3.8) is 0 Å². The summed E-state index contributed by atoms with van der Waals surface area (Å²) in [6.45, 7) is 4.17. The van der Waals surface area contributed by atoms with Gasteiger partial charge < -0.3 is 20.1 Å². The second kappa shape index (κ2) is 16.8. The van der Waals surface area contributed by atoms with Gasteiger partial charge in [-0.1, -0.05) is 45.1 Å². The van der Waals surface area contributed by atoms with Gasteiger partial charge in [-0.2, -0.15) is 0 Å². The molecule has 8 heteroatoms. The Morgan fingerprint density at radius 3 is 1.81 bits per heavy atom. The molecule has 0 radical (unpaired) electrons. The van der Waals surface area contributed by atoms with Gasteiger partial charge >= 0.3 is 23.9 Å². The van der Waals surface area contributed by atoms with Crippen LogP contribution in [-0.4, -0.2) is 45.8 Å². The highest BCUT2D eigenvalue weighted by Gasteiger charge is 2.13. The molecule has 174 valence electrons. The minimum atomic E-state index is -1.11. The van der Waals surface area contributed by atoms with Crippen molar-refractivity contribution in [2.75, 3.05) is 6.61 Å². The number of hydrogen-bond donors (Lipinski definition) is 3. The topological polar surface area (TPSA) is 138 Å². The third-order valence-corrected chi connectivity index (χ3v) is 4.58. The van der Waals surface area contributed by atoms with E-state index < -0.39 is 17.9 Å². The van der Waals surface area contributed by atoms with Crippen molar-refractivity contribution < 1.29 is 39.2 Å². The van der Waals surface area contributed by atoms with E-state index in [-0.39, 0.29) is 29.1 Å². The van der Waals surface area contributed by atoms with Crippen LogP contribution in [0.2, 0.25) is 0 Å². The third-order valence-electron chi connectivity index (χ3n) is 4.58. The van der Waals surface area contributed by atoms with Crippen LogP contribution in [0.3, 0.4) is 0 Å². The molecule has 0 atom stereocenters. The maximum atomic E-state index is 11.3. The van der Waals surface area contributed by atoms with Gasteiger partial charge in [0.2, 0.25) is 0 Å². The largest absolute Gasteiger partial charge is 0.481 e. The highest BCUT2D eigenvalue weighted by atomic mass is 16.5. The van der Waals surface area contributed by atoms with Gasteiger partial charge in [0.05, 0.1) is 17.7 Å². The molecule has 0 aromatic heterocycles. The van der Waals surface area contributed by atoms with Crippen LogP contribution in [0.5, 0.6) is 0 Å². The zero-order valence-corrected chi connectivity index (χ0v) is 18.4. The number of aliphatic carboxylic acids is 1. The first kappa shape index (κ1) is 28.1. The monoisotopic (exact) mass is 438 g/mol. The number of hydrogen-bond acceptors (Lipinski definition) is 5. The average molecular weight is 439 g/mol. The summed E-state index contributed by atoms with van der Waals surface area (Å²) in [5, 5.41) is 25.8. The molecule has 8 nitrogen and oxygen atoms in total. The second-order valence-electron chi connectivity index (χ2n) is 7.18. The van der Waals surface area contributed by atoms with E-state index in [9.17, 15) is 19.2 Å². The Labute approximate surface area is 183 Å².